The third kappa shape index (κ3) is 2.39. The maximum absolute atomic E-state index is 11.2. The Kier molecular flexibility index (Phi) is 3.67. The number of piperazine rings is 1. The average Bonchev–Trinajstić information content (AvgIpc) is 2.69. The second-order valence-corrected chi connectivity index (χ2v) is 6.18. The number of carboxylic acid groups (broad SMARTS) is 1. The molecule has 0 amide bonds. The third-order valence-corrected chi connectivity index (χ3v) is 4.85. The number of aliphatic carboxylic acids is 1. The van der Waals surface area contributed by atoms with Gasteiger partial charge in [-0.1, -0.05) is 0 Å². The van der Waals surface area contributed by atoms with Crippen molar-refractivity contribution in [3.63, 3.8) is 0 Å². The van der Waals surface area contributed by atoms with E-state index in [1.165, 1.54) is 0 Å². The average molecular weight is 255 g/mol. The van der Waals surface area contributed by atoms with E-state index >= 15 is 0 Å². The van der Waals surface area contributed by atoms with Crippen LogP contribution in [0.3, 0.4) is 0 Å². The first-order chi connectivity index (χ1) is 8.33. The first-order valence-corrected chi connectivity index (χ1v) is 6.82. The lowest BCUT2D eigenvalue weighted by Gasteiger charge is -2.45. The van der Waals surface area contributed by atoms with Gasteiger partial charge in [-0.25, -0.2) is 0 Å². The number of nitrogens with zero attached hydrogens (tertiary/aromatic N) is 2. The molecule has 1 aliphatic heterocycles. The van der Waals surface area contributed by atoms with Crippen LogP contribution in [0.1, 0.15) is 33.1 Å². The van der Waals surface area contributed by atoms with E-state index < -0.39 is 11.5 Å². The molecule has 0 aromatic carbocycles. The molecular weight excluding hydrogens is 230 g/mol. The largest absolute Gasteiger partial charge is 0.480 e. The summed E-state index contributed by atoms with van der Waals surface area (Å²) in [6, 6.07) is 1.38. The van der Waals surface area contributed by atoms with Crippen LogP contribution in [0.2, 0.25) is 0 Å². The molecule has 1 saturated heterocycles. The molecule has 1 aliphatic carbocycles. The van der Waals surface area contributed by atoms with Gasteiger partial charge in [0.2, 0.25) is 0 Å². The fourth-order valence-corrected chi connectivity index (χ4v) is 3.30. The van der Waals surface area contributed by atoms with Gasteiger partial charge in [0.15, 0.2) is 0 Å². The van der Waals surface area contributed by atoms with E-state index in [-0.39, 0.29) is 0 Å². The van der Waals surface area contributed by atoms with Gasteiger partial charge in [-0.15, -0.1) is 0 Å². The monoisotopic (exact) mass is 255 g/mol. The molecule has 2 rings (SSSR count). The van der Waals surface area contributed by atoms with Crippen molar-refractivity contribution in [1.29, 1.82) is 0 Å². The van der Waals surface area contributed by atoms with E-state index in [9.17, 15) is 9.90 Å². The van der Waals surface area contributed by atoms with E-state index in [4.69, 9.17) is 5.73 Å². The van der Waals surface area contributed by atoms with E-state index in [0.717, 1.165) is 19.5 Å². The molecule has 1 heterocycles. The summed E-state index contributed by atoms with van der Waals surface area (Å²) in [6.45, 7) is 6.48. The second kappa shape index (κ2) is 4.79. The van der Waals surface area contributed by atoms with Gasteiger partial charge in [0.05, 0.1) is 0 Å². The van der Waals surface area contributed by atoms with Crippen LogP contribution in [0, 0.1) is 0 Å². The summed E-state index contributed by atoms with van der Waals surface area (Å²) >= 11 is 0. The molecule has 5 heteroatoms. The molecule has 0 aromatic heterocycles. The highest BCUT2D eigenvalue weighted by Gasteiger charge is 2.45. The molecule has 104 valence electrons. The normalized spacial score (nSPS) is 43.2. The number of rotatable bonds is 2. The van der Waals surface area contributed by atoms with Crippen LogP contribution >= 0.6 is 0 Å². The maximum atomic E-state index is 11.2. The van der Waals surface area contributed by atoms with Crippen molar-refractivity contribution >= 4 is 5.97 Å². The van der Waals surface area contributed by atoms with Gasteiger partial charge in [0, 0.05) is 31.2 Å². The molecule has 2 aliphatic rings. The van der Waals surface area contributed by atoms with Crippen molar-refractivity contribution in [1.82, 2.24) is 9.80 Å². The van der Waals surface area contributed by atoms with Crippen molar-refractivity contribution in [3.05, 3.63) is 0 Å². The van der Waals surface area contributed by atoms with Gasteiger partial charge >= 0.3 is 5.97 Å². The minimum atomic E-state index is -1.000. The molecule has 0 radical (unpaired) electrons. The highest BCUT2D eigenvalue weighted by molar-refractivity contribution is 5.79. The zero-order valence-corrected chi connectivity index (χ0v) is 11.6. The summed E-state index contributed by atoms with van der Waals surface area (Å²) in [4.78, 5) is 16.0. The zero-order chi connectivity index (χ0) is 13.5. The molecular formula is C13H25N3O2. The molecule has 4 atom stereocenters. The highest BCUT2D eigenvalue weighted by Crippen LogP contribution is 2.33. The van der Waals surface area contributed by atoms with Crippen LogP contribution in [-0.4, -0.2) is 64.7 Å². The smallest absolute Gasteiger partial charge is 0.323 e. The Balaban J connectivity index is 2.00. The van der Waals surface area contributed by atoms with Crippen LogP contribution in [0.5, 0.6) is 0 Å². The summed E-state index contributed by atoms with van der Waals surface area (Å²) < 4.78 is 0. The fraction of sp³-hybridized carbons (Fsp3) is 0.923. The van der Waals surface area contributed by atoms with Crippen molar-refractivity contribution in [2.45, 2.75) is 56.8 Å². The Morgan fingerprint density at radius 1 is 1.33 bits per heavy atom. The topological polar surface area (TPSA) is 69.8 Å². The minimum absolute atomic E-state index is 0.338. The van der Waals surface area contributed by atoms with E-state index in [0.29, 0.717) is 31.0 Å². The van der Waals surface area contributed by atoms with Crippen LogP contribution in [0.25, 0.3) is 0 Å². The number of likely N-dealkylation sites (N-methyl/N-ethyl adjacent to an activating group) is 1. The first-order valence-electron chi connectivity index (χ1n) is 6.82. The van der Waals surface area contributed by atoms with Gasteiger partial charge < -0.3 is 10.8 Å². The lowest BCUT2D eigenvalue weighted by molar-refractivity contribution is -0.143. The number of nitrogens with two attached hydrogens (primary N) is 1. The van der Waals surface area contributed by atoms with Gasteiger partial charge in [0.25, 0.3) is 0 Å². The summed E-state index contributed by atoms with van der Waals surface area (Å²) in [5.74, 6) is -0.847. The Labute approximate surface area is 109 Å². The molecule has 2 fully saturated rings. The quantitative estimate of drug-likeness (QED) is 0.745. The maximum Gasteiger partial charge on any atom is 0.323 e. The van der Waals surface area contributed by atoms with Crippen LogP contribution in [-0.2, 0) is 4.79 Å². The standard InChI is InChI=1S/C13H25N3O2/c1-9-7-16(8-10(2)15(9)3)11-4-5-13(14,6-11)12(17)18/h9-11H,4-8,14H2,1-3H3,(H,17,18). The first kappa shape index (κ1) is 13.8. The van der Waals surface area contributed by atoms with Gasteiger partial charge in [-0.2, -0.15) is 0 Å². The third-order valence-electron chi connectivity index (χ3n) is 4.85. The summed E-state index contributed by atoms with van der Waals surface area (Å²) in [6.07, 6.45) is 2.10. The molecule has 0 spiro atoms. The molecule has 5 nitrogen and oxygen atoms in total. The molecule has 3 N–H and O–H groups in total. The van der Waals surface area contributed by atoms with Crippen molar-refractivity contribution in [2.24, 2.45) is 5.73 Å². The van der Waals surface area contributed by atoms with Gasteiger partial charge in [-0.3, -0.25) is 14.6 Å². The van der Waals surface area contributed by atoms with Crippen LogP contribution < -0.4 is 5.73 Å². The minimum Gasteiger partial charge on any atom is -0.480 e. The lowest BCUT2D eigenvalue weighted by atomic mass is 9.98. The molecule has 0 bridgehead atoms. The lowest BCUT2D eigenvalue weighted by Crippen LogP contribution is -2.57. The molecule has 4 unspecified atom stereocenters. The number of hydrogen-bond donors (Lipinski definition) is 2. The Bertz CT molecular complexity index is 324. The number of carbonyl (C=O) groups is 1. The Morgan fingerprint density at radius 2 is 1.89 bits per heavy atom. The van der Waals surface area contributed by atoms with Crippen LogP contribution in [0.15, 0.2) is 0 Å². The fourth-order valence-electron chi connectivity index (χ4n) is 3.30. The predicted octanol–water partition coefficient (Wildman–Crippen LogP) is 0.345. The van der Waals surface area contributed by atoms with Crippen LogP contribution in [0.4, 0.5) is 0 Å². The van der Waals surface area contributed by atoms with E-state index in [1.807, 2.05) is 0 Å². The van der Waals surface area contributed by atoms with Crippen molar-refractivity contribution in [3.8, 4) is 0 Å². The highest BCUT2D eigenvalue weighted by atomic mass is 16.4. The summed E-state index contributed by atoms with van der Waals surface area (Å²) in [5.41, 5.74) is 4.96. The number of carboxylic acids is 1. The predicted molar refractivity (Wildman–Crippen MR) is 70.5 cm³/mol. The molecule has 1 saturated carbocycles. The van der Waals surface area contributed by atoms with E-state index in [1.54, 1.807) is 0 Å². The van der Waals surface area contributed by atoms with Crippen molar-refractivity contribution < 1.29 is 9.90 Å². The summed E-state index contributed by atoms with van der Waals surface area (Å²) in [7, 11) is 2.16. The Morgan fingerprint density at radius 3 is 2.33 bits per heavy atom. The SMILES string of the molecule is CC1CN(C2CCC(N)(C(=O)O)C2)CC(C)N1C. The van der Waals surface area contributed by atoms with Gasteiger partial charge in [0.1, 0.15) is 5.54 Å². The molecule has 18 heavy (non-hydrogen) atoms. The number of hydrogen-bond acceptors (Lipinski definition) is 4. The summed E-state index contributed by atoms with van der Waals surface area (Å²) in [5, 5.41) is 9.18. The molecule has 0 aromatic rings. The second-order valence-electron chi connectivity index (χ2n) is 6.18. The van der Waals surface area contributed by atoms with Crippen molar-refractivity contribution in [2.75, 3.05) is 20.1 Å². The van der Waals surface area contributed by atoms with Gasteiger partial charge in [-0.05, 0) is 40.2 Å². The van der Waals surface area contributed by atoms with E-state index in [2.05, 4.69) is 30.7 Å². The Hall–Kier alpha value is -0.650. The zero-order valence-electron chi connectivity index (χ0n) is 11.6.